The summed E-state index contributed by atoms with van der Waals surface area (Å²) in [6.07, 6.45) is 1.06. The molecule has 0 aliphatic rings. The molecule has 0 aliphatic heterocycles. The highest BCUT2D eigenvalue weighted by atomic mass is 79.9. The van der Waals surface area contributed by atoms with E-state index in [1.165, 1.54) is 0 Å². The average Bonchev–Trinajstić information content (AvgIpc) is 3.01. The van der Waals surface area contributed by atoms with Gasteiger partial charge >= 0.3 is 0 Å². The van der Waals surface area contributed by atoms with Crippen molar-refractivity contribution < 1.29 is 14.0 Å². The third-order valence-electron chi connectivity index (χ3n) is 3.19. The fourth-order valence-corrected chi connectivity index (χ4v) is 2.34. The molecule has 136 valence electrons. The van der Waals surface area contributed by atoms with E-state index in [4.69, 9.17) is 4.42 Å². The maximum Gasteiger partial charge on any atom is 0.291 e. The largest absolute Gasteiger partial charge is 0.444 e. The fraction of sp³-hybridized carbons (Fsp3) is 0.294. The van der Waals surface area contributed by atoms with Gasteiger partial charge in [0, 0.05) is 24.3 Å². The highest BCUT2D eigenvalue weighted by Crippen LogP contribution is 2.16. The smallest absolute Gasteiger partial charge is 0.291 e. The molecule has 2 amide bonds. The number of benzene rings is 1. The number of furan rings is 1. The fourth-order valence-electron chi connectivity index (χ4n) is 2.04. The molecule has 0 spiro atoms. The van der Waals surface area contributed by atoms with Crippen molar-refractivity contribution in [3.63, 3.8) is 0 Å². The normalized spacial score (nSPS) is 10.0. The lowest BCUT2D eigenvalue weighted by atomic mass is 10.2. The summed E-state index contributed by atoms with van der Waals surface area (Å²) in [4.78, 5) is 24.2. The maximum absolute atomic E-state index is 12.1. The molecular weight excluding hydrogens is 410 g/mol. The van der Waals surface area contributed by atoms with Gasteiger partial charge in [0.05, 0.1) is 0 Å². The van der Waals surface area contributed by atoms with Crippen LogP contribution in [0.15, 0.2) is 45.5 Å². The molecule has 0 saturated carbocycles. The molecule has 1 aromatic heterocycles. The van der Waals surface area contributed by atoms with Gasteiger partial charge in [-0.25, -0.2) is 0 Å². The Labute approximate surface area is 161 Å². The van der Waals surface area contributed by atoms with Gasteiger partial charge in [0.1, 0.15) is 0 Å². The number of amides is 2. The summed E-state index contributed by atoms with van der Waals surface area (Å²) in [5, 5.41) is 8.75. The van der Waals surface area contributed by atoms with Crippen LogP contribution in [0.2, 0.25) is 0 Å². The zero-order valence-corrected chi connectivity index (χ0v) is 16.2. The van der Waals surface area contributed by atoms with Crippen LogP contribution in [-0.4, -0.2) is 31.4 Å². The third-order valence-corrected chi connectivity index (χ3v) is 3.62. The van der Waals surface area contributed by atoms with E-state index in [0.717, 1.165) is 19.5 Å². The summed E-state index contributed by atoms with van der Waals surface area (Å²) >= 11 is 3.15. The lowest BCUT2D eigenvalue weighted by Gasteiger charge is -2.08. The summed E-state index contributed by atoms with van der Waals surface area (Å²) in [6.45, 7) is 4.30. The van der Waals surface area contributed by atoms with Crippen molar-refractivity contribution in [1.29, 1.82) is 0 Å². The zero-order chi connectivity index (χ0) is 17.4. The Kier molecular flexibility index (Phi) is 9.26. The van der Waals surface area contributed by atoms with E-state index >= 15 is 0 Å². The standard InChI is InChI=1S/C17H20BrN3O3.ClH/c1-2-8-19-9-10-20-16(22)12-4-3-5-13(11-12)21-17(23)14-6-7-15(18)24-14;/h3-7,11,19H,2,8-10H2,1H3,(H,20,22)(H,21,23);1H. The molecule has 0 aliphatic carbocycles. The first-order valence-corrected chi connectivity index (χ1v) is 8.55. The minimum absolute atomic E-state index is 0. The quantitative estimate of drug-likeness (QED) is 0.560. The van der Waals surface area contributed by atoms with E-state index in [0.29, 0.717) is 22.5 Å². The Balaban J connectivity index is 0.00000312. The first-order chi connectivity index (χ1) is 11.6. The molecule has 25 heavy (non-hydrogen) atoms. The van der Waals surface area contributed by atoms with Gasteiger partial charge in [-0.15, -0.1) is 12.4 Å². The predicted octanol–water partition coefficient (Wildman–Crippen LogP) is 3.45. The number of nitrogens with one attached hydrogen (secondary N) is 3. The van der Waals surface area contributed by atoms with Gasteiger partial charge in [0.2, 0.25) is 0 Å². The Morgan fingerprint density at radius 3 is 2.56 bits per heavy atom. The van der Waals surface area contributed by atoms with E-state index < -0.39 is 0 Å². The van der Waals surface area contributed by atoms with E-state index in [-0.39, 0.29) is 30.0 Å². The Morgan fingerprint density at radius 2 is 1.88 bits per heavy atom. The van der Waals surface area contributed by atoms with Crippen LogP contribution in [0.5, 0.6) is 0 Å². The molecule has 2 rings (SSSR count). The van der Waals surface area contributed by atoms with E-state index in [9.17, 15) is 9.59 Å². The van der Waals surface area contributed by atoms with Gasteiger partial charge in [-0.3, -0.25) is 9.59 Å². The highest BCUT2D eigenvalue weighted by molar-refractivity contribution is 9.10. The number of hydrogen-bond donors (Lipinski definition) is 3. The van der Waals surface area contributed by atoms with Gasteiger partial charge in [-0.2, -0.15) is 0 Å². The first-order valence-electron chi connectivity index (χ1n) is 7.76. The Hall–Kier alpha value is -1.83. The molecule has 8 heteroatoms. The average molecular weight is 431 g/mol. The van der Waals surface area contributed by atoms with E-state index in [1.807, 2.05) is 0 Å². The maximum atomic E-state index is 12.1. The summed E-state index contributed by atoms with van der Waals surface area (Å²) in [6, 6.07) is 9.98. The van der Waals surface area contributed by atoms with Crippen LogP contribution in [0.1, 0.15) is 34.3 Å². The van der Waals surface area contributed by atoms with Gasteiger partial charge in [0.15, 0.2) is 10.4 Å². The second kappa shape index (κ2) is 10.9. The minimum atomic E-state index is -0.373. The molecule has 0 saturated heterocycles. The number of hydrogen-bond acceptors (Lipinski definition) is 4. The lowest BCUT2D eigenvalue weighted by Crippen LogP contribution is -2.32. The van der Waals surface area contributed by atoms with Crippen LogP contribution in [0.3, 0.4) is 0 Å². The molecule has 0 atom stereocenters. The van der Waals surface area contributed by atoms with E-state index in [1.54, 1.807) is 36.4 Å². The van der Waals surface area contributed by atoms with Crippen molar-refractivity contribution in [3.05, 3.63) is 52.4 Å². The molecule has 3 N–H and O–H groups in total. The van der Waals surface area contributed by atoms with Crippen molar-refractivity contribution in [2.45, 2.75) is 13.3 Å². The van der Waals surface area contributed by atoms with Crippen LogP contribution in [0, 0.1) is 0 Å². The van der Waals surface area contributed by atoms with Crippen molar-refractivity contribution in [3.8, 4) is 0 Å². The lowest BCUT2D eigenvalue weighted by molar-refractivity contribution is 0.0951. The monoisotopic (exact) mass is 429 g/mol. The summed E-state index contributed by atoms with van der Waals surface area (Å²) in [7, 11) is 0. The Morgan fingerprint density at radius 1 is 1.08 bits per heavy atom. The number of rotatable bonds is 8. The van der Waals surface area contributed by atoms with Crippen LogP contribution in [0.4, 0.5) is 5.69 Å². The van der Waals surface area contributed by atoms with Gasteiger partial charge in [0.25, 0.3) is 11.8 Å². The van der Waals surface area contributed by atoms with Crippen molar-refractivity contribution in [2.24, 2.45) is 0 Å². The molecule has 0 unspecified atom stereocenters. The van der Waals surface area contributed by atoms with Crippen LogP contribution in [0.25, 0.3) is 0 Å². The molecule has 2 aromatic rings. The topological polar surface area (TPSA) is 83.4 Å². The van der Waals surface area contributed by atoms with Crippen LogP contribution in [-0.2, 0) is 0 Å². The molecule has 0 radical (unpaired) electrons. The second-order valence-electron chi connectivity index (χ2n) is 5.14. The number of halogens is 2. The zero-order valence-electron chi connectivity index (χ0n) is 13.8. The number of carbonyl (C=O) groups is 2. The van der Waals surface area contributed by atoms with Crippen LogP contribution < -0.4 is 16.0 Å². The number of anilines is 1. The highest BCUT2D eigenvalue weighted by Gasteiger charge is 2.12. The molecule has 0 bridgehead atoms. The molecule has 6 nitrogen and oxygen atoms in total. The second-order valence-corrected chi connectivity index (χ2v) is 5.93. The minimum Gasteiger partial charge on any atom is -0.444 e. The number of carbonyl (C=O) groups excluding carboxylic acids is 2. The van der Waals surface area contributed by atoms with Gasteiger partial charge < -0.3 is 20.4 Å². The van der Waals surface area contributed by atoms with Crippen molar-refractivity contribution in [2.75, 3.05) is 25.0 Å². The summed E-state index contributed by atoms with van der Waals surface area (Å²) < 4.78 is 5.68. The van der Waals surface area contributed by atoms with Crippen molar-refractivity contribution >= 4 is 45.8 Å². The van der Waals surface area contributed by atoms with Gasteiger partial charge in [-0.1, -0.05) is 13.0 Å². The third kappa shape index (κ3) is 6.89. The first kappa shape index (κ1) is 21.2. The molecule has 0 fully saturated rings. The Bertz CT molecular complexity index is 706. The summed E-state index contributed by atoms with van der Waals surface area (Å²) in [5.74, 6) is -0.356. The SMILES string of the molecule is CCCNCCNC(=O)c1cccc(NC(=O)c2ccc(Br)o2)c1.Cl. The molecular formula is C17H21BrClN3O3. The van der Waals surface area contributed by atoms with Gasteiger partial charge in [-0.05, 0) is 59.2 Å². The predicted molar refractivity (Wildman–Crippen MR) is 104 cm³/mol. The van der Waals surface area contributed by atoms with Crippen LogP contribution >= 0.6 is 28.3 Å². The van der Waals surface area contributed by atoms with Crippen molar-refractivity contribution in [1.82, 2.24) is 10.6 Å². The van der Waals surface area contributed by atoms with E-state index in [2.05, 4.69) is 38.8 Å². The molecule has 1 aromatic carbocycles. The molecule has 1 heterocycles. The summed E-state index contributed by atoms with van der Waals surface area (Å²) in [5.41, 5.74) is 1.02.